The zero-order valence-corrected chi connectivity index (χ0v) is 13.9. The van der Waals surface area contributed by atoms with Crippen LogP contribution in [0.15, 0.2) is 48.5 Å². The van der Waals surface area contributed by atoms with Gasteiger partial charge in [0.15, 0.2) is 11.6 Å². The van der Waals surface area contributed by atoms with Crippen molar-refractivity contribution in [2.75, 3.05) is 13.7 Å². The number of ether oxygens (including phenoxy) is 1. The van der Waals surface area contributed by atoms with Crippen LogP contribution in [0, 0.1) is 5.82 Å². The van der Waals surface area contributed by atoms with Gasteiger partial charge in [0, 0.05) is 12.1 Å². The third kappa shape index (κ3) is 5.06. The van der Waals surface area contributed by atoms with E-state index in [2.05, 4.69) is 5.32 Å². The average molecular weight is 331 g/mol. The first-order chi connectivity index (χ1) is 11.4. The van der Waals surface area contributed by atoms with Crippen molar-refractivity contribution in [2.45, 2.75) is 25.4 Å². The lowest BCUT2D eigenvalue weighted by molar-refractivity contribution is 0.0478. The number of rotatable bonds is 7. The number of halogens is 1. The number of nitrogens with one attached hydrogen (secondary N) is 1. The molecule has 0 fully saturated rings. The van der Waals surface area contributed by atoms with Crippen molar-refractivity contribution in [3.05, 3.63) is 65.5 Å². The Morgan fingerprint density at radius 1 is 1.25 bits per heavy atom. The lowest BCUT2D eigenvalue weighted by Gasteiger charge is -2.23. The molecule has 0 saturated carbocycles. The standard InChI is InChI=1S/C19H22FNO3/c1-19(23,11-10-14-6-4-3-5-7-14)13-21-18(22)15-8-9-17(24-2)16(20)12-15/h3-9,12,23H,10-11,13H2,1-2H3,(H,21,22)/t19-/m1/s1. The van der Waals surface area contributed by atoms with Crippen molar-refractivity contribution < 1.29 is 19.0 Å². The molecular formula is C19H22FNO3. The summed E-state index contributed by atoms with van der Waals surface area (Å²) >= 11 is 0. The van der Waals surface area contributed by atoms with Gasteiger partial charge < -0.3 is 15.2 Å². The molecule has 2 rings (SSSR count). The van der Waals surface area contributed by atoms with Crippen LogP contribution in [-0.2, 0) is 6.42 Å². The van der Waals surface area contributed by atoms with Crippen molar-refractivity contribution in [1.82, 2.24) is 5.32 Å². The monoisotopic (exact) mass is 331 g/mol. The van der Waals surface area contributed by atoms with Gasteiger partial charge in [-0.3, -0.25) is 4.79 Å². The van der Waals surface area contributed by atoms with Crippen molar-refractivity contribution in [3.8, 4) is 5.75 Å². The van der Waals surface area contributed by atoms with E-state index in [0.29, 0.717) is 12.8 Å². The third-order valence-electron chi connectivity index (χ3n) is 3.84. The Hall–Kier alpha value is -2.40. The molecule has 0 aromatic heterocycles. The summed E-state index contributed by atoms with van der Waals surface area (Å²) in [5.41, 5.74) is 0.268. The topological polar surface area (TPSA) is 58.6 Å². The van der Waals surface area contributed by atoms with Gasteiger partial charge in [0.1, 0.15) is 0 Å². The molecule has 1 atom stereocenters. The van der Waals surface area contributed by atoms with Crippen LogP contribution in [0.25, 0.3) is 0 Å². The highest BCUT2D eigenvalue weighted by Crippen LogP contribution is 2.18. The summed E-state index contributed by atoms with van der Waals surface area (Å²) < 4.78 is 18.5. The fourth-order valence-electron chi connectivity index (χ4n) is 2.33. The molecular weight excluding hydrogens is 309 g/mol. The van der Waals surface area contributed by atoms with E-state index >= 15 is 0 Å². The summed E-state index contributed by atoms with van der Waals surface area (Å²) in [6.45, 7) is 1.76. The molecule has 0 saturated heterocycles. The second kappa shape index (κ2) is 7.93. The summed E-state index contributed by atoms with van der Waals surface area (Å²) in [4.78, 5) is 12.1. The molecule has 0 aliphatic heterocycles. The van der Waals surface area contributed by atoms with Crippen molar-refractivity contribution in [3.63, 3.8) is 0 Å². The lowest BCUT2D eigenvalue weighted by atomic mass is 9.96. The second-order valence-electron chi connectivity index (χ2n) is 6.01. The Morgan fingerprint density at radius 2 is 1.96 bits per heavy atom. The van der Waals surface area contributed by atoms with Crippen molar-refractivity contribution in [2.24, 2.45) is 0 Å². The molecule has 0 heterocycles. The smallest absolute Gasteiger partial charge is 0.251 e. The van der Waals surface area contributed by atoms with Gasteiger partial charge in [0.25, 0.3) is 5.91 Å². The Bertz CT molecular complexity index is 686. The maximum Gasteiger partial charge on any atom is 0.251 e. The molecule has 4 nitrogen and oxygen atoms in total. The Kier molecular flexibility index (Phi) is 5.93. The zero-order valence-electron chi connectivity index (χ0n) is 13.9. The number of benzene rings is 2. The highest BCUT2D eigenvalue weighted by Gasteiger charge is 2.21. The fourth-order valence-corrected chi connectivity index (χ4v) is 2.33. The first kappa shape index (κ1) is 17.9. The second-order valence-corrected chi connectivity index (χ2v) is 6.01. The Morgan fingerprint density at radius 3 is 2.58 bits per heavy atom. The van der Waals surface area contributed by atoms with Crippen LogP contribution in [0.5, 0.6) is 5.75 Å². The number of amides is 1. The number of methoxy groups -OCH3 is 1. The van der Waals surface area contributed by atoms with Gasteiger partial charge in [-0.15, -0.1) is 0 Å². The molecule has 5 heteroatoms. The zero-order chi connectivity index (χ0) is 17.6. The Balaban J connectivity index is 1.88. The largest absolute Gasteiger partial charge is 0.494 e. The lowest BCUT2D eigenvalue weighted by Crippen LogP contribution is -2.41. The number of aryl methyl sites for hydroxylation is 1. The minimum atomic E-state index is -1.05. The van der Waals surface area contributed by atoms with Gasteiger partial charge in [-0.25, -0.2) is 4.39 Å². The molecule has 0 aliphatic rings. The first-order valence-electron chi connectivity index (χ1n) is 7.79. The summed E-state index contributed by atoms with van der Waals surface area (Å²) in [5.74, 6) is -0.945. The average Bonchev–Trinajstić information content (AvgIpc) is 2.59. The molecule has 2 aromatic rings. The number of hydrogen-bond donors (Lipinski definition) is 2. The normalized spacial score (nSPS) is 13.2. The number of aliphatic hydroxyl groups is 1. The van der Waals surface area contributed by atoms with Gasteiger partial charge >= 0.3 is 0 Å². The van der Waals surface area contributed by atoms with E-state index in [1.54, 1.807) is 6.92 Å². The van der Waals surface area contributed by atoms with Crippen LogP contribution >= 0.6 is 0 Å². The highest BCUT2D eigenvalue weighted by atomic mass is 19.1. The quantitative estimate of drug-likeness (QED) is 0.820. The molecule has 2 N–H and O–H groups in total. The van der Waals surface area contributed by atoms with Gasteiger partial charge in [-0.1, -0.05) is 30.3 Å². The molecule has 0 unspecified atom stereocenters. The van der Waals surface area contributed by atoms with Gasteiger partial charge in [-0.05, 0) is 43.5 Å². The minimum Gasteiger partial charge on any atom is -0.494 e. The molecule has 2 aromatic carbocycles. The summed E-state index contributed by atoms with van der Waals surface area (Å²) in [6.07, 6.45) is 1.22. The summed E-state index contributed by atoms with van der Waals surface area (Å²) in [6, 6.07) is 13.8. The first-order valence-corrected chi connectivity index (χ1v) is 7.79. The van der Waals surface area contributed by atoms with Crippen molar-refractivity contribution in [1.29, 1.82) is 0 Å². The van der Waals surface area contributed by atoms with E-state index in [9.17, 15) is 14.3 Å². The number of hydrogen-bond acceptors (Lipinski definition) is 3. The molecule has 128 valence electrons. The van der Waals surface area contributed by atoms with Gasteiger partial charge in [-0.2, -0.15) is 0 Å². The minimum absolute atomic E-state index is 0.0846. The van der Waals surface area contributed by atoms with E-state index in [1.807, 2.05) is 30.3 Å². The van der Waals surface area contributed by atoms with Crippen LogP contribution in [0.4, 0.5) is 4.39 Å². The maximum absolute atomic E-state index is 13.6. The van der Waals surface area contributed by atoms with Crippen LogP contribution in [0.2, 0.25) is 0 Å². The third-order valence-corrected chi connectivity index (χ3v) is 3.84. The predicted molar refractivity (Wildman–Crippen MR) is 90.7 cm³/mol. The van der Waals surface area contributed by atoms with Crippen LogP contribution < -0.4 is 10.1 Å². The molecule has 0 spiro atoms. The van der Waals surface area contributed by atoms with Crippen LogP contribution in [0.1, 0.15) is 29.3 Å². The van der Waals surface area contributed by atoms with E-state index < -0.39 is 17.3 Å². The Labute approximate surface area is 141 Å². The van der Waals surface area contributed by atoms with E-state index in [1.165, 1.54) is 19.2 Å². The molecule has 24 heavy (non-hydrogen) atoms. The predicted octanol–water partition coefficient (Wildman–Crippen LogP) is 2.95. The van der Waals surface area contributed by atoms with E-state index in [4.69, 9.17) is 4.74 Å². The van der Waals surface area contributed by atoms with Gasteiger partial charge in [0.2, 0.25) is 0 Å². The van der Waals surface area contributed by atoms with E-state index in [0.717, 1.165) is 11.6 Å². The summed E-state index contributed by atoms with van der Waals surface area (Å²) in [7, 11) is 1.36. The highest BCUT2D eigenvalue weighted by molar-refractivity contribution is 5.94. The fraction of sp³-hybridized carbons (Fsp3) is 0.316. The molecule has 0 radical (unpaired) electrons. The molecule has 0 aliphatic carbocycles. The number of carbonyl (C=O) groups excluding carboxylic acids is 1. The number of carbonyl (C=O) groups is 1. The molecule has 0 bridgehead atoms. The SMILES string of the molecule is COc1ccc(C(=O)NC[C@](C)(O)CCc2ccccc2)cc1F. The van der Waals surface area contributed by atoms with Crippen molar-refractivity contribution >= 4 is 5.91 Å². The van der Waals surface area contributed by atoms with E-state index in [-0.39, 0.29) is 17.9 Å². The van der Waals surface area contributed by atoms with Crippen LogP contribution in [-0.4, -0.2) is 30.3 Å². The summed E-state index contributed by atoms with van der Waals surface area (Å²) in [5, 5.41) is 13.0. The maximum atomic E-state index is 13.6. The van der Waals surface area contributed by atoms with Crippen LogP contribution in [0.3, 0.4) is 0 Å². The van der Waals surface area contributed by atoms with Gasteiger partial charge in [0.05, 0.1) is 12.7 Å². The molecule has 1 amide bonds.